The molecule has 0 unspecified atom stereocenters. The van der Waals surface area contributed by atoms with E-state index in [9.17, 15) is 5.11 Å². The molecule has 0 spiro atoms. The third-order valence-electron chi connectivity index (χ3n) is 5.92. The minimum absolute atomic E-state index is 0.179. The first-order chi connectivity index (χ1) is 14.7. The average molecular weight is 447 g/mol. The lowest BCUT2D eigenvalue weighted by molar-refractivity contribution is 0.284. The monoisotopic (exact) mass is 446 g/mol. The maximum Gasteiger partial charge on any atom is 0.0777 e. The summed E-state index contributed by atoms with van der Waals surface area (Å²) in [5.41, 5.74) is 6.12. The molecule has 0 saturated heterocycles. The quantitative estimate of drug-likeness (QED) is 0.290. The van der Waals surface area contributed by atoms with Gasteiger partial charge in [0.15, 0.2) is 0 Å². The van der Waals surface area contributed by atoms with Crippen LogP contribution in [-0.4, -0.2) is 5.11 Å². The Morgan fingerprint density at radius 1 is 0.700 bits per heavy atom. The summed E-state index contributed by atoms with van der Waals surface area (Å²) in [5, 5.41) is 12.4. The summed E-state index contributed by atoms with van der Waals surface area (Å²) in [5.74, 6) is 0. The van der Waals surface area contributed by atoms with E-state index in [1.165, 1.54) is 90.0 Å². The van der Waals surface area contributed by atoms with Crippen molar-refractivity contribution in [2.24, 2.45) is 0 Å². The molecule has 3 heteroatoms. The summed E-state index contributed by atoms with van der Waals surface area (Å²) in [7, 11) is 0. The number of hydrogen-bond acceptors (Lipinski definition) is 3. The van der Waals surface area contributed by atoms with Crippen LogP contribution in [0.1, 0.15) is 116 Å². The van der Waals surface area contributed by atoms with Crippen molar-refractivity contribution in [3.8, 4) is 0 Å². The second-order valence-corrected chi connectivity index (χ2v) is 10.4. The van der Waals surface area contributed by atoms with Crippen LogP contribution in [0.25, 0.3) is 12.2 Å². The average Bonchev–Trinajstić information content (AvgIpc) is 3.31. The summed E-state index contributed by atoms with van der Waals surface area (Å²) in [6, 6.07) is 0. The van der Waals surface area contributed by atoms with E-state index >= 15 is 0 Å². The van der Waals surface area contributed by atoms with Gasteiger partial charge in [-0.2, -0.15) is 0 Å². The van der Waals surface area contributed by atoms with Crippen LogP contribution in [0.2, 0.25) is 0 Å². The van der Waals surface area contributed by atoms with Gasteiger partial charge in [-0.1, -0.05) is 53.4 Å². The van der Waals surface area contributed by atoms with Crippen LogP contribution < -0.4 is 0 Å². The first-order valence-electron chi connectivity index (χ1n) is 12.2. The van der Waals surface area contributed by atoms with E-state index in [0.717, 1.165) is 12.8 Å². The van der Waals surface area contributed by atoms with E-state index in [2.05, 4.69) is 45.2 Å². The molecule has 1 nitrogen and oxygen atoms in total. The molecule has 168 valence electrons. The predicted octanol–water partition coefficient (Wildman–Crippen LogP) is 8.84. The van der Waals surface area contributed by atoms with Gasteiger partial charge in [0.1, 0.15) is 0 Å². The fourth-order valence-corrected chi connectivity index (χ4v) is 6.26. The molecule has 2 heterocycles. The molecule has 30 heavy (non-hydrogen) atoms. The van der Waals surface area contributed by atoms with Crippen molar-refractivity contribution in [1.29, 1.82) is 0 Å². The summed E-state index contributed by atoms with van der Waals surface area (Å²) in [6.45, 7) is 9.26. The molecule has 0 aliphatic heterocycles. The van der Waals surface area contributed by atoms with Crippen LogP contribution in [0.4, 0.5) is 0 Å². The number of aryl methyl sites for hydroxylation is 1. The second-order valence-electron chi connectivity index (χ2n) is 8.36. The zero-order valence-electron chi connectivity index (χ0n) is 19.7. The fraction of sp³-hybridized carbons (Fsp3) is 0.630. The van der Waals surface area contributed by atoms with E-state index in [1.54, 1.807) is 11.1 Å². The van der Waals surface area contributed by atoms with Crippen molar-refractivity contribution >= 4 is 34.8 Å². The lowest BCUT2D eigenvalue weighted by atomic mass is 9.97. The molecule has 0 fully saturated rings. The molecule has 0 bridgehead atoms. The summed E-state index contributed by atoms with van der Waals surface area (Å²) < 4.78 is 0. The van der Waals surface area contributed by atoms with Crippen LogP contribution >= 0.6 is 22.7 Å². The first kappa shape index (κ1) is 25.4. The van der Waals surface area contributed by atoms with Crippen LogP contribution in [0.3, 0.4) is 0 Å². The lowest BCUT2D eigenvalue weighted by Crippen LogP contribution is -1.96. The maximum absolute atomic E-state index is 9.98. The predicted molar refractivity (Wildman–Crippen MR) is 138 cm³/mol. The molecule has 0 radical (unpaired) electrons. The van der Waals surface area contributed by atoms with E-state index in [0.29, 0.717) is 0 Å². The highest BCUT2D eigenvalue weighted by molar-refractivity contribution is 7.13. The molecular weight excluding hydrogens is 404 g/mol. The van der Waals surface area contributed by atoms with Gasteiger partial charge in [0.25, 0.3) is 0 Å². The molecule has 0 aliphatic rings. The molecule has 2 rings (SSSR count). The van der Waals surface area contributed by atoms with Crippen LogP contribution in [0, 0.1) is 0 Å². The zero-order valence-corrected chi connectivity index (χ0v) is 21.3. The SMILES string of the molecule is CCCCc1csc(/C=C\c2sc(CO)c(CCCC)c2CCCC)c1CCCC. The summed E-state index contributed by atoms with van der Waals surface area (Å²) in [4.78, 5) is 4.02. The Morgan fingerprint density at radius 3 is 1.83 bits per heavy atom. The number of unbranched alkanes of at least 4 members (excludes halogenated alkanes) is 4. The van der Waals surface area contributed by atoms with Gasteiger partial charge < -0.3 is 5.11 Å². The van der Waals surface area contributed by atoms with Crippen LogP contribution in [0.15, 0.2) is 5.38 Å². The van der Waals surface area contributed by atoms with E-state index in [-0.39, 0.29) is 6.61 Å². The van der Waals surface area contributed by atoms with Gasteiger partial charge >= 0.3 is 0 Å². The number of aliphatic hydroxyl groups is 1. The Labute approximate surface area is 193 Å². The molecule has 0 atom stereocenters. The topological polar surface area (TPSA) is 20.2 Å². The highest BCUT2D eigenvalue weighted by Crippen LogP contribution is 2.34. The smallest absolute Gasteiger partial charge is 0.0777 e. The van der Waals surface area contributed by atoms with Crippen molar-refractivity contribution in [2.75, 3.05) is 0 Å². The molecule has 0 aromatic carbocycles. The Hall–Kier alpha value is -0.900. The molecule has 1 N–H and O–H groups in total. The standard InChI is InChI=1S/C27H42OS2/c1-5-9-13-21-20-29-25(22(21)14-10-6-2)17-18-26-23(15-11-7-3)24(16-12-8-4)27(19-28)30-26/h17-18,20,28H,5-16,19H2,1-4H3/b18-17-. The van der Waals surface area contributed by atoms with Gasteiger partial charge in [0.2, 0.25) is 0 Å². The van der Waals surface area contributed by atoms with E-state index in [1.807, 2.05) is 22.7 Å². The normalized spacial score (nSPS) is 11.8. The van der Waals surface area contributed by atoms with E-state index in [4.69, 9.17) is 0 Å². The Morgan fingerprint density at radius 2 is 1.23 bits per heavy atom. The third-order valence-corrected chi connectivity index (χ3v) is 8.18. The first-order valence-corrected chi connectivity index (χ1v) is 13.9. The van der Waals surface area contributed by atoms with Crippen molar-refractivity contribution in [3.63, 3.8) is 0 Å². The van der Waals surface area contributed by atoms with Gasteiger partial charge in [-0.15, -0.1) is 22.7 Å². The number of thiophene rings is 2. The van der Waals surface area contributed by atoms with Crippen molar-refractivity contribution < 1.29 is 5.11 Å². The van der Waals surface area contributed by atoms with E-state index < -0.39 is 0 Å². The third kappa shape index (κ3) is 7.07. The van der Waals surface area contributed by atoms with Crippen molar-refractivity contribution in [3.05, 3.63) is 42.3 Å². The molecule has 2 aromatic rings. The number of hydrogen-bond donors (Lipinski definition) is 1. The van der Waals surface area contributed by atoms with Gasteiger partial charge in [0, 0.05) is 14.6 Å². The van der Waals surface area contributed by atoms with Gasteiger partial charge in [-0.3, -0.25) is 0 Å². The Kier molecular flexibility index (Phi) is 12.0. The van der Waals surface area contributed by atoms with Gasteiger partial charge in [-0.25, -0.2) is 0 Å². The number of aliphatic hydroxyl groups excluding tert-OH is 1. The molecule has 0 amide bonds. The van der Waals surface area contributed by atoms with Crippen LogP contribution in [0.5, 0.6) is 0 Å². The Bertz CT molecular complexity index is 766. The molecular formula is C27H42OS2. The fourth-order valence-electron chi connectivity index (χ4n) is 4.05. The minimum Gasteiger partial charge on any atom is -0.391 e. The summed E-state index contributed by atoms with van der Waals surface area (Å²) >= 11 is 3.74. The minimum atomic E-state index is 0.179. The molecule has 0 aliphatic carbocycles. The highest BCUT2D eigenvalue weighted by Gasteiger charge is 2.16. The lowest BCUT2D eigenvalue weighted by Gasteiger charge is -2.07. The zero-order chi connectivity index (χ0) is 21.8. The van der Waals surface area contributed by atoms with Crippen molar-refractivity contribution in [1.82, 2.24) is 0 Å². The number of rotatable bonds is 15. The second kappa shape index (κ2) is 14.2. The van der Waals surface area contributed by atoms with Gasteiger partial charge in [0.05, 0.1) is 6.61 Å². The molecule has 2 aromatic heterocycles. The maximum atomic E-state index is 9.98. The Balaban J connectivity index is 2.35. The van der Waals surface area contributed by atoms with Crippen molar-refractivity contribution in [2.45, 2.75) is 111 Å². The van der Waals surface area contributed by atoms with Gasteiger partial charge in [-0.05, 0) is 91.2 Å². The highest BCUT2D eigenvalue weighted by atomic mass is 32.1. The van der Waals surface area contributed by atoms with Crippen LogP contribution in [-0.2, 0) is 32.3 Å². The summed E-state index contributed by atoms with van der Waals surface area (Å²) in [6.07, 6.45) is 19.3. The molecule has 0 saturated carbocycles. The largest absolute Gasteiger partial charge is 0.391 e.